The Morgan fingerprint density at radius 2 is 2.21 bits per heavy atom. The minimum absolute atomic E-state index is 0.00758. The van der Waals surface area contributed by atoms with Crippen molar-refractivity contribution in [3.8, 4) is 0 Å². The van der Waals surface area contributed by atoms with Crippen LogP contribution in [0.3, 0.4) is 0 Å². The molecule has 8 heteroatoms. The molecular formula is C16H18BrN3O3S. The number of carbonyl (C=O) groups is 1. The molecule has 1 aromatic carbocycles. The van der Waals surface area contributed by atoms with Crippen LogP contribution in [0, 0.1) is 17.0 Å². The van der Waals surface area contributed by atoms with Gasteiger partial charge in [0.15, 0.2) is 0 Å². The molecule has 24 heavy (non-hydrogen) atoms. The van der Waals surface area contributed by atoms with E-state index in [1.54, 1.807) is 30.4 Å². The Balaban J connectivity index is 1.87. The monoisotopic (exact) mass is 411 g/mol. The summed E-state index contributed by atoms with van der Waals surface area (Å²) in [6.07, 6.45) is 0.325. The zero-order valence-electron chi connectivity index (χ0n) is 13.4. The molecular weight excluding hydrogens is 394 g/mol. The smallest absolute Gasteiger partial charge is 0.274 e. The van der Waals surface area contributed by atoms with Gasteiger partial charge in [0, 0.05) is 40.3 Å². The van der Waals surface area contributed by atoms with Gasteiger partial charge in [0.05, 0.1) is 16.2 Å². The number of anilines is 1. The Morgan fingerprint density at radius 3 is 2.83 bits per heavy atom. The number of nitro groups is 1. The molecule has 0 saturated heterocycles. The maximum Gasteiger partial charge on any atom is 0.274 e. The van der Waals surface area contributed by atoms with Gasteiger partial charge >= 0.3 is 0 Å². The number of carbonyl (C=O) groups excluding carboxylic acids is 1. The minimum atomic E-state index is -0.447. The van der Waals surface area contributed by atoms with Crippen molar-refractivity contribution < 1.29 is 9.72 Å². The molecule has 1 amide bonds. The molecule has 1 aromatic heterocycles. The van der Waals surface area contributed by atoms with E-state index in [-0.39, 0.29) is 11.6 Å². The molecule has 0 aliphatic carbocycles. The molecule has 128 valence electrons. The van der Waals surface area contributed by atoms with Crippen LogP contribution >= 0.6 is 27.3 Å². The van der Waals surface area contributed by atoms with E-state index in [1.165, 1.54) is 10.9 Å². The first kappa shape index (κ1) is 18.6. The number of thiophene rings is 1. The van der Waals surface area contributed by atoms with Crippen molar-refractivity contribution in [2.75, 3.05) is 18.9 Å². The fourth-order valence-electron chi connectivity index (χ4n) is 2.24. The first-order valence-electron chi connectivity index (χ1n) is 7.32. The second kappa shape index (κ2) is 8.36. The lowest BCUT2D eigenvalue weighted by Gasteiger charge is -2.15. The fourth-order valence-corrected chi connectivity index (χ4v) is 3.77. The summed E-state index contributed by atoms with van der Waals surface area (Å²) in [5.74, 6) is -0.155. The highest BCUT2D eigenvalue weighted by molar-refractivity contribution is 9.10. The van der Waals surface area contributed by atoms with Crippen molar-refractivity contribution in [1.29, 1.82) is 0 Å². The Kier molecular flexibility index (Phi) is 6.47. The number of rotatable bonds is 7. The highest BCUT2D eigenvalue weighted by Gasteiger charge is 2.15. The quantitative estimate of drug-likeness (QED) is 0.547. The van der Waals surface area contributed by atoms with Crippen molar-refractivity contribution in [3.63, 3.8) is 0 Å². The Bertz CT molecular complexity index is 748. The van der Waals surface area contributed by atoms with Crippen molar-refractivity contribution in [1.82, 2.24) is 4.90 Å². The summed E-state index contributed by atoms with van der Waals surface area (Å²) in [7, 11) is 1.96. The highest BCUT2D eigenvalue weighted by atomic mass is 79.9. The van der Waals surface area contributed by atoms with Crippen LogP contribution < -0.4 is 5.32 Å². The van der Waals surface area contributed by atoms with Gasteiger partial charge in [-0.1, -0.05) is 6.07 Å². The summed E-state index contributed by atoms with van der Waals surface area (Å²) in [4.78, 5) is 25.9. The molecule has 0 atom stereocenters. The van der Waals surface area contributed by atoms with Gasteiger partial charge in [-0.2, -0.15) is 0 Å². The summed E-state index contributed by atoms with van der Waals surface area (Å²) in [5, 5.41) is 15.7. The lowest BCUT2D eigenvalue weighted by molar-refractivity contribution is -0.385. The molecule has 0 spiro atoms. The third-order valence-electron chi connectivity index (χ3n) is 3.54. The van der Waals surface area contributed by atoms with Crippen LogP contribution in [0.4, 0.5) is 11.4 Å². The number of hydrogen-bond acceptors (Lipinski definition) is 5. The van der Waals surface area contributed by atoms with Gasteiger partial charge in [-0.3, -0.25) is 14.9 Å². The van der Waals surface area contributed by atoms with E-state index in [1.807, 2.05) is 12.4 Å². The van der Waals surface area contributed by atoms with Gasteiger partial charge in [-0.05, 0) is 42.0 Å². The molecule has 0 aliphatic heterocycles. The van der Waals surface area contributed by atoms with Crippen LogP contribution in [0.1, 0.15) is 16.9 Å². The maximum absolute atomic E-state index is 12.1. The number of nitrogens with one attached hydrogen (secondary N) is 1. The molecule has 0 aliphatic rings. The standard InChI is InChI=1S/C16H18BrN3O3S/c1-11-14(4-3-5-15(11)20(22)23)18-16(21)6-7-19(2)9-13-8-12(17)10-24-13/h3-5,8,10H,6-7,9H2,1-2H3,(H,18,21). The Morgan fingerprint density at radius 1 is 1.46 bits per heavy atom. The lowest BCUT2D eigenvalue weighted by Crippen LogP contribution is -2.24. The number of halogens is 1. The van der Waals surface area contributed by atoms with Crippen molar-refractivity contribution in [3.05, 3.63) is 54.7 Å². The molecule has 0 fully saturated rings. The number of benzene rings is 1. The van der Waals surface area contributed by atoms with Gasteiger partial charge in [0.2, 0.25) is 5.91 Å². The van der Waals surface area contributed by atoms with Crippen LogP contribution in [0.2, 0.25) is 0 Å². The zero-order chi connectivity index (χ0) is 17.7. The van der Waals surface area contributed by atoms with Gasteiger partial charge in [-0.25, -0.2) is 0 Å². The van der Waals surface area contributed by atoms with Gasteiger partial charge in [0.1, 0.15) is 0 Å². The van der Waals surface area contributed by atoms with Crippen LogP contribution in [0.5, 0.6) is 0 Å². The lowest BCUT2D eigenvalue weighted by atomic mass is 10.1. The molecule has 1 heterocycles. The second-order valence-corrected chi connectivity index (χ2v) is 7.39. The Labute approximate surface area is 152 Å². The van der Waals surface area contributed by atoms with Gasteiger partial charge < -0.3 is 10.2 Å². The molecule has 6 nitrogen and oxygen atoms in total. The average Bonchev–Trinajstić information content (AvgIpc) is 2.92. The average molecular weight is 412 g/mol. The van der Waals surface area contributed by atoms with Crippen LogP contribution in [-0.4, -0.2) is 29.3 Å². The number of nitrogens with zero attached hydrogens (tertiary/aromatic N) is 2. The summed E-state index contributed by atoms with van der Waals surface area (Å²) in [5.41, 5.74) is 0.958. The van der Waals surface area contributed by atoms with E-state index in [0.29, 0.717) is 24.2 Å². The first-order chi connectivity index (χ1) is 11.4. The summed E-state index contributed by atoms with van der Waals surface area (Å²) in [6, 6.07) is 6.74. The third kappa shape index (κ3) is 5.12. The Hall–Kier alpha value is -1.77. The van der Waals surface area contributed by atoms with Gasteiger partial charge in [-0.15, -0.1) is 11.3 Å². The molecule has 0 saturated carbocycles. The highest BCUT2D eigenvalue weighted by Crippen LogP contribution is 2.25. The summed E-state index contributed by atoms with van der Waals surface area (Å²) < 4.78 is 1.06. The molecule has 0 bridgehead atoms. The van der Waals surface area contributed by atoms with E-state index in [4.69, 9.17) is 0 Å². The molecule has 0 unspecified atom stereocenters. The number of amides is 1. The van der Waals surface area contributed by atoms with E-state index in [9.17, 15) is 14.9 Å². The second-order valence-electron chi connectivity index (χ2n) is 5.47. The SMILES string of the molecule is Cc1c(NC(=O)CCN(C)Cc2cc(Br)cs2)cccc1[N+](=O)[O-]. The summed E-state index contributed by atoms with van der Waals surface area (Å²) in [6.45, 7) is 3.02. The maximum atomic E-state index is 12.1. The fraction of sp³-hybridized carbons (Fsp3) is 0.312. The van der Waals surface area contributed by atoms with E-state index < -0.39 is 4.92 Å². The topological polar surface area (TPSA) is 75.5 Å². The molecule has 2 aromatic rings. The van der Waals surface area contributed by atoms with Crippen LogP contribution in [0.15, 0.2) is 34.1 Å². The van der Waals surface area contributed by atoms with E-state index >= 15 is 0 Å². The zero-order valence-corrected chi connectivity index (χ0v) is 15.8. The summed E-state index contributed by atoms with van der Waals surface area (Å²) >= 11 is 5.09. The molecule has 0 radical (unpaired) electrons. The molecule has 2 rings (SSSR count). The normalized spacial score (nSPS) is 10.8. The van der Waals surface area contributed by atoms with E-state index in [2.05, 4.69) is 32.2 Å². The molecule has 1 N–H and O–H groups in total. The largest absolute Gasteiger partial charge is 0.326 e. The number of hydrogen-bond donors (Lipinski definition) is 1. The van der Waals surface area contributed by atoms with Crippen molar-refractivity contribution >= 4 is 44.5 Å². The van der Waals surface area contributed by atoms with Crippen LogP contribution in [0.25, 0.3) is 0 Å². The number of nitro benzene ring substituents is 1. The van der Waals surface area contributed by atoms with Crippen LogP contribution in [-0.2, 0) is 11.3 Å². The first-order valence-corrected chi connectivity index (χ1v) is 8.99. The third-order valence-corrected chi connectivity index (χ3v) is 5.23. The van der Waals surface area contributed by atoms with Gasteiger partial charge in [0.25, 0.3) is 5.69 Å². The van der Waals surface area contributed by atoms with Crippen molar-refractivity contribution in [2.45, 2.75) is 19.9 Å². The minimum Gasteiger partial charge on any atom is -0.326 e. The van der Waals surface area contributed by atoms with E-state index in [0.717, 1.165) is 11.0 Å². The predicted molar refractivity (Wildman–Crippen MR) is 99.4 cm³/mol. The predicted octanol–water partition coefficient (Wildman–Crippen LogP) is 4.19. The van der Waals surface area contributed by atoms with Crippen molar-refractivity contribution in [2.24, 2.45) is 0 Å².